The predicted molar refractivity (Wildman–Crippen MR) is 113 cm³/mol. The van der Waals surface area contributed by atoms with Gasteiger partial charge in [-0.25, -0.2) is 17.9 Å². The van der Waals surface area contributed by atoms with E-state index in [0.717, 1.165) is 15.6 Å². The van der Waals surface area contributed by atoms with Crippen molar-refractivity contribution in [3.8, 4) is 0 Å². The van der Waals surface area contributed by atoms with E-state index in [-0.39, 0.29) is 29.4 Å². The van der Waals surface area contributed by atoms with Gasteiger partial charge < -0.3 is 4.74 Å². The van der Waals surface area contributed by atoms with Gasteiger partial charge >= 0.3 is 5.97 Å². The summed E-state index contributed by atoms with van der Waals surface area (Å²) in [6.45, 7) is 5.04. The van der Waals surface area contributed by atoms with Crippen LogP contribution >= 0.6 is 11.3 Å². The fourth-order valence-electron chi connectivity index (χ4n) is 2.74. The number of ketones is 1. The molecule has 6 nitrogen and oxygen atoms in total. The molecule has 1 heterocycles. The number of esters is 1. The van der Waals surface area contributed by atoms with Crippen molar-refractivity contribution in [2.24, 2.45) is 0 Å². The molecule has 150 valence electrons. The number of thiophene rings is 1. The summed E-state index contributed by atoms with van der Waals surface area (Å²) in [6, 6.07) is 13.0. The van der Waals surface area contributed by atoms with Crippen LogP contribution < -0.4 is 4.72 Å². The molecule has 29 heavy (non-hydrogen) atoms. The second-order valence-corrected chi connectivity index (χ2v) is 9.04. The Morgan fingerprint density at radius 1 is 1.14 bits per heavy atom. The molecule has 0 spiro atoms. The molecule has 0 aliphatic carbocycles. The number of hydrogen-bond acceptors (Lipinski definition) is 6. The van der Waals surface area contributed by atoms with Crippen molar-refractivity contribution in [3.63, 3.8) is 0 Å². The van der Waals surface area contributed by atoms with Crippen molar-refractivity contribution in [1.82, 2.24) is 4.72 Å². The number of nitrogens with one attached hydrogen (secondary N) is 1. The molecule has 8 heteroatoms. The zero-order valence-corrected chi connectivity index (χ0v) is 17.3. The van der Waals surface area contributed by atoms with Crippen LogP contribution in [0.3, 0.4) is 0 Å². The van der Waals surface area contributed by atoms with Gasteiger partial charge in [0.05, 0.1) is 15.3 Å². The molecule has 3 aromatic rings. The monoisotopic (exact) mass is 429 g/mol. The smallest absolute Gasteiger partial charge is 0.338 e. The van der Waals surface area contributed by atoms with E-state index in [2.05, 4.69) is 11.3 Å². The lowest BCUT2D eigenvalue weighted by atomic mass is 10.1. The molecule has 0 saturated heterocycles. The minimum Gasteiger partial charge on any atom is -0.454 e. The first-order chi connectivity index (χ1) is 13.8. The van der Waals surface area contributed by atoms with E-state index in [1.807, 2.05) is 31.2 Å². The number of carbonyl (C=O) groups excluding carboxylic acids is 2. The first-order valence-corrected chi connectivity index (χ1v) is 11.0. The van der Waals surface area contributed by atoms with Crippen LogP contribution in [-0.2, 0) is 14.8 Å². The average Bonchev–Trinajstić information content (AvgIpc) is 3.07. The van der Waals surface area contributed by atoms with E-state index in [9.17, 15) is 18.0 Å². The van der Waals surface area contributed by atoms with Gasteiger partial charge in [0.2, 0.25) is 15.8 Å². The predicted octanol–water partition coefficient (Wildman–Crippen LogP) is 3.71. The third-order valence-corrected chi connectivity index (χ3v) is 7.00. The van der Waals surface area contributed by atoms with E-state index in [0.29, 0.717) is 4.88 Å². The number of carbonyl (C=O) groups is 2. The number of benzene rings is 2. The van der Waals surface area contributed by atoms with E-state index >= 15 is 0 Å². The molecule has 0 atom stereocenters. The van der Waals surface area contributed by atoms with Crippen molar-refractivity contribution in [2.45, 2.75) is 11.8 Å². The standard InChI is InChI=1S/C21H19NO5S2/c1-3-12-22-29(25,26)16-10-8-15(9-11-16)21(24)27-13-18(23)20-14(2)17-6-4-5-7-19(17)28-20/h3-11,22H,1,12-13H2,2H3. The Morgan fingerprint density at radius 3 is 2.48 bits per heavy atom. The third kappa shape index (κ3) is 4.61. The van der Waals surface area contributed by atoms with Crippen molar-refractivity contribution in [3.05, 3.63) is 77.2 Å². The van der Waals surface area contributed by atoms with Crippen LogP contribution in [-0.4, -0.2) is 33.3 Å². The Kier molecular flexibility index (Phi) is 6.26. The lowest BCUT2D eigenvalue weighted by Crippen LogP contribution is -2.23. The molecule has 0 aliphatic rings. The minimum atomic E-state index is -3.67. The maximum absolute atomic E-state index is 12.5. The molecule has 0 radical (unpaired) electrons. The van der Waals surface area contributed by atoms with Crippen LogP contribution in [0.15, 0.2) is 66.1 Å². The first-order valence-electron chi connectivity index (χ1n) is 8.72. The Hall–Kier alpha value is -2.81. The van der Waals surface area contributed by atoms with E-state index in [1.54, 1.807) is 0 Å². The van der Waals surface area contributed by atoms with Crippen LogP contribution in [0, 0.1) is 6.92 Å². The Balaban J connectivity index is 1.66. The van der Waals surface area contributed by atoms with Gasteiger partial charge in [-0.3, -0.25) is 4.79 Å². The van der Waals surface area contributed by atoms with Gasteiger partial charge in [-0.15, -0.1) is 17.9 Å². The maximum atomic E-state index is 12.5. The first kappa shape index (κ1) is 20.9. The highest BCUT2D eigenvalue weighted by Gasteiger charge is 2.18. The lowest BCUT2D eigenvalue weighted by molar-refractivity contribution is 0.0475. The summed E-state index contributed by atoms with van der Waals surface area (Å²) in [6.07, 6.45) is 1.43. The number of hydrogen-bond donors (Lipinski definition) is 1. The number of rotatable bonds is 8. The lowest BCUT2D eigenvalue weighted by Gasteiger charge is -2.07. The zero-order chi connectivity index (χ0) is 21.0. The van der Waals surface area contributed by atoms with Gasteiger partial charge in [-0.1, -0.05) is 24.3 Å². The molecule has 1 N–H and O–H groups in total. The molecule has 2 aromatic carbocycles. The normalized spacial score (nSPS) is 11.3. The van der Waals surface area contributed by atoms with Crippen LogP contribution in [0.2, 0.25) is 0 Å². The summed E-state index contributed by atoms with van der Waals surface area (Å²) in [5.41, 5.74) is 1.03. The van der Waals surface area contributed by atoms with Crippen LogP contribution in [0.5, 0.6) is 0 Å². The molecule has 0 bridgehead atoms. The van der Waals surface area contributed by atoms with Crippen molar-refractivity contribution in [1.29, 1.82) is 0 Å². The second kappa shape index (κ2) is 8.69. The Bertz CT molecular complexity index is 1180. The number of fused-ring (bicyclic) bond motifs is 1. The fourth-order valence-corrected chi connectivity index (χ4v) is 4.87. The Labute approximate surface area is 172 Å². The highest BCUT2D eigenvalue weighted by molar-refractivity contribution is 7.89. The summed E-state index contributed by atoms with van der Waals surface area (Å²) >= 11 is 1.37. The van der Waals surface area contributed by atoms with Crippen molar-refractivity contribution >= 4 is 43.2 Å². The average molecular weight is 430 g/mol. The largest absolute Gasteiger partial charge is 0.454 e. The SMILES string of the molecule is C=CCNS(=O)(=O)c1ccc(C(=O)OCC(=O)c2sc3ccccc3c2C)cc1. The molecule has 1 aromatic heterocycles. The van der Waals surface area contributed by atoms with Crippen molar-refractivity contribution < 1.29 is 22.7 Å². The number of ether oxygens (including phenoxy) is 1. The van der Waals surface area contributed by atoms with Gasteiger partial charge in [0.15, 0.2) is 6.61 Å². The number of Topliss-reactive ketones (excluding diaryl/α,β-unsaturated/α-hetero) is 1. The third-order valence-electron chi connectivity index (χ3n) is 4.25. The van der Waals surface area contributed by atoms with Crippen LogP contribution in [0.25, 0.3) is 10.1 Å². The van der Waals surface area contributed by atoms with E-state index in [4.69, 9.17) is 4.74 Å². The summed E-state index contributed by atoms with van der Waals surface area (Å²) in [7, 11) is -3.67. The minimum absolute atomic E-state index is 0.0212. The van der Waals surface area contributed by atoms with Crippen LogP contribution in [0.4, 0.5) is 0 Å². The van der Waals surface area contributed by atoms with Gasteiger partial charge in [0.1, 0.15) is 0 Å². The maximum Gasteiger partial charge on any atom is 0.338 e. The molecule has 0 saturated carbocycles. The van der Waals surface area contributed by atoms with Gasteiger partial charge in [-0.05, 0) is 48.2 Å². The Morgan fingerprint density at radius 2 is 1.83 bits per heavy atom. The molecule has 0 unspecified atom stereocenters. The van der Waals surface area contributed by atoms with Gasteiger partial charge in [-0.2, -0.15) is 0 Å². The number of sulfonamides is 1. The van der Waals surface area contributed by atoms with Crippen LogP contribution in [0.1, 0.15) is 25.6 Å². The van der Waals surface area contributed by atoms with Crippen molar-refractivity contribution in [2.75, 3.05) is 13.2 Å². The molecular formula is C21H19NO5S2. The van der Waals surface area contributed by atoms with E-state index in [1.165, 1.54) is 41.7 Å². The zero-order valence-electron chi connectivity index (χ0n) is 15.7. The summed E-state index contributed by atoms with van der Waals surface area (Å²) < 4.78 is 32.5. The summed E-state index contributed by atoms with van der Waals surface area (Å²) in [4.78, 5) is 25.3. The molecule has 0 aliphatic heterocycles. The fraction of sp³-hybridized carbons (Fsp3) is 0.143. The molecule has 3 rings (SSSR count). The van der Waals surface area contributed by atoms with Gasteiger partial charge in [0.25, 0.3) is 0 Å². The highest BCUT2D eigenvalue weighted by atomic mass is 32.2. The molecule has 0 fully saturated rings. The molecule has 0 amide bonds. The summed E-state index contributed by atoms with van der Waals surface area (Å²) in [5.74, 6) is -0.968. The topological polar surface area (TPSA) is 89.5 Å². The highest BCUT2D eigenvalue weighted by Crippen LogP contribution is 2.30. The van der Waals surface area contributed by atoms with Gasteiger partial charge in [0, 0.05) is 11.2 Å². The second-order valence-electron chi connectivity index (χ2n) is 6.22. The van der Waals surface area contributed by atoms with E-state index < -0.39 is 16.0 Å². The number of aryl methyl sites for hydroxylation is 1. The quantitative estimate of drug-likeness (QED) is 0.335. The summed E-state index contributed by atoms with van der Waals surface area (Å²) in [5, 5.41) is 1.01. The molecular weight excluding hydrogens is 410 g/mol.